The summed E-state index contributed by atoms with van der Waals surface area (Å²) in [4.78, 5) is 16.8. The summed E-state index contributed by atoms with van der Waals surface area (Å²) < 4.78 is 8.66. The number of carbonyl (C=O) groups is 1. The number of anilines is 1. The average Bonchev–Trinajstić information content (AvgIpc) is 3.14. The van der Waals surface area contributed by atoms with Gasteiger partial charge in [-0.2, -0.15) is 4.98 Å². The molecule has 31 heavy (non-hydrogen) atoms. The van der Waals surface area contributed by atoms with E-state index in [0.29, 0.717) is 29.0 Å². The van der Waals surface area contributed by atoms with Crippen LogP contribution in [0.25, 0.3) is 0 Å². The van der Waals surface area contributed by atoms with Crippen LogP contribution in [0.3, 0.4) is 0 Å². The highest BCUT2D eigenvalue weighted by Gasteiger charge is 2.33. The van der Waals surface area contributed by atoms with Crippen LogP contribution in [0.1, 0.15) is 31.0 Å². The molecule has 1 aromatic heterocycles. The van der Waals surface area contributed by atoms with E-state index in [1.807, 2.05) is 62.4 Å². The van der Waals surface area contributed by atoms with Gasteiger partial charge >= 0.3 is 0 Å². The van der Waals surface area contributed by atoms with E-state index in [-0.39, 0.29) is 0 Å². The van der Waals surface area contributed by atoms with Gasteiger partial charge in [-0.3, -0.25) is 4.79 Å². The van der Waals surface area contributed by atoms with E-state index < -0.39 is 11.9 Å². The summed E-state index contributed by atoms with van der Waals surface area (Å²) in [5.74, 6) is 1.70. The van der Waals surface area contributed by atoms with Crippen molar-refractivity contribution >= 4 is 39.5 Å². The highest BCUT2D eigenvalue weighted by atomic mass is 79.9. The van der Waals surface area contributed by atoms with Crippen molar-refractivity contribution in [2.24, 2.45) is 5.73 Å². The molecule has 3 aromatic rings. The molecule has 0 fully saturated rings. The van der Waals surface area contributed by atoms with Gasteiger partial charge in [0.25, 0.3) is 0 Å². The lowest BCUT2D eigenvalue weighted by Gasteiger charge is -2.27. The third-order valence-electron chi connectivity index (χ3n) is 4.89. The standard InChI is InChI=1S/C22H22BrN5O2S/c1-3-31-22-26-21-25-13(2)18(20(24)29)19(28(21)27-22)15-6-10-17(11-7-15)30-12-14-4-8-16(23)9-5-14/h4-11,19H,3,12H2,1-2H3,(H2,24,29)(H,25,26,27). The number of allylic oxidation sites excluding steroid dienone is 1. The molecular formula is C22H22BrN5O2S. The molecule has 0 radical (unpaired) electrons. The van der Waals surface area contributed by atoms with E-state index in [4.69, 9.17) is 10.5 Å². The van der Waals surface area contributed by atoms with Crippen LogP contribution in [0.4, 0.5) is 5.95 Å². The minimum Gasteiger partial charge on any atom is -0.489 e. The summed E-state index contributed by atoms with van der Waals surface area (Å²) in [5.41, 5.74) is 8.83. The van der Waals surface area contributed by atoms with Crippen LogP contribution < -0.4 is 15.8 Å². The number of nitrogens with zero attached hydrogens (tertiary/aromatic N) is 3. The number of hydrogen-bond acceptors (Lipinski definition) is 6. The normalized spacial score (nSPS) is 15.4. The molecule has 0 aliphatic carbocycles. The Morgan fingerprint density at radius 3 is 2.58 bits per heavy atom. The fraction of sp³-hybridized carbons (Fsp3) is 0.227. The minimum atomic E-state index is -0.489. The Labute approximate surface area is 193 Å². The maximum atomic E-state index is 12.3. The number of primary amides is 1. The Kier molecular flexibility index (Phi) is 6.33. The summed E-state index contributed by atoms with van der Waals surface area (Å²) in [6, 6.07) is 15.2. The van der Waals surface area contributed by atoms with Crippen molar-refractivity contribution in [2.75, 3.05) is 11.1 Å². The smallest absolute Gasteiger partial charge is 0.248 e. The highest BCUT2D eigenvalue weighted by Crippen LogP contribution is 2.36. The van der Waals surface area contributed by atoms with Gasteiger partial charge < -0.3 is 15.8 Å². The highest BCUT2D eigenvalue weighted by molar-refractivity contribution is 9.10. The molecule has 160 valence electrons. The van der Waals surface area contributed by atoms with Crippen molar-refractivity contribution in [3.8, 4) is 5.75 Å². The second kappa shape index (κ2) is 9.15. The number of hydrogen-bond donors (Lipinski definition) is 2. The number of benzene rings is 2. The molecule has 1 aliphatic rings. The van der Waals surface area contributed by atoms with E-state index in [0.717, 1.165) is 27.1 Å². The first kappa shape index (κ1) is 21.5. The fourth-order valence-electron chi connectivity index (χ4n) is 3.44. The lowest BCUT2D eigenvalue weighted by atomic mass is 9.95. The molecule has 9 heteroatoms. The van der Waals surface area contributed by atoms with Gasteiger partial charge in [0.15, 0.2) is 0 Å². The molecule has 4 rings (SSSR count). The predicted molar refractivity (Wildman–Crippen MR) is 125 cm³/mol. The van der Waals surface area contributed by atoms with Crippen LogP contribution in [-0.4, -0.2) is 26.4 Å². The lowest BCUT2D eigenvalue weighted by molar-refractivity contribution is -0.115. The molecule has 1 atom stereocenters. The Hall–Kier alpha value is -2.78. The SMILES string of the molecule is CCSc1nc2n(n1)C(c1ccc(OCc3ccc(Br)cc3)cc1)C(C(N)=O)=C(C)N2. The van der Waals surface area contributed by atoms with E-state index in [9.17, 15) is 4.79 Å². The van der Waals surface area contributed by atoms with E-state index in [1.165, 1.54) is 0 Å². The number of aromatic nitrogens is 3. The summed E-state index contributed by atoms with van der Waals surface area (Å²) in [6.45, 7) is 4.34. The van der Waals surface area contributed by atoms with Crippen LogP contribution in [0, 0.1) is 0 Å². The topological polar surface area (TPSA) is 95.1 Å². The first-order valence-electron chi connectivity index (χ1n) is 9.80. The van der Waals surface area contributed by atoms with Gasteiger partial charge in [0, 0.05) is 10.2 Å². The Morgan fingerprint density at radius 1 is 1.23 bits per heavy atom. The van der Waals surface area contributed by atoms with Crippen LogP contribution in [-0.2, 0) is 11.4 Å². The maximum absolute atomic E-state index is 12.3. The molecule has 0 saturated heterocycles. The largest absolute Gasteiger partial charge is 0.489 e. The first-order chi connectivity index (χ1) is 15.0. The lowest BCUT2D eigenvalue weighted by Crippen LogP contribution is -2.31. The molecular weight excluding hydrogens is 478 g/mol. The molecule has 3 N–H and O–H groups in total. The number of thioether (sulfide) groups is 1. The van der Waals surface area contributed by atoms with Crippen LogP contribution in [0.2, 0.25) is 0 Å². The van der Waals surface area contributed by atoms with Gasteiger partial charge in [0.05, 0.1) is 5.57 Å². The summed E-state index contributed by atoms with van der Waals surface area (Å²) >= 11 is 4.98. The zero-order valence-corrected chi connectivity index (χ0v) is 19.5. The quantitative estimate of drug-likeness (QED) is 0.464. The van der Waals surface area contributed by atoms with Gasteiger partial charge in [-0.1, -0.05) is 58.9 Å². The summed E-state index contributed by atoms with van der Waals surface area (Å²) in [7, 11) is 0. The third kappa shape index (κ3) is 4.62. The number of nitrogens with two attached hydrogens (primary N) is 1. The first-order valence-corrected chi connectivity index (χ1v) is 11.6. The number of fused-ring (bicyclic) bond motifs is 1. The number of rotatable bonds is 7. The van der Waals surface area contributed by atoms with Gasteiger partial charge in [-0.15, -0.1) is 5.10 Å². The number of halogens is 1. The summed E-state index contributed by atoms with van der Waals surface area (Å²) in [5, 5.41) is 8.41. The van der Waals surface area contributed by atoms with Gasteiger partial charge in [0.2, 0.25) is 17.0 Å². The Morgan fingerprint density at radius 2 is 1.94 bits per heavy atom. The van der Waals surface area contributed by atoms with Crippen molar-refractivity contribution < 1.29 is 9.53 Å². The molecule has 2 aromatic carbocycles. The zero-order chi connectivity index (χ0) is 22.0. The second-order valence-electron chi connectivity index (χ2n) is 7.01. The number of carbonyl (C=O) groups excluding carboxylic acids is 1. The molecule has 1 amide bonds. The number of ether oxygens (including phenoxy) is 1. The third-order valence-corrected chi connectivity index (χ3v) is 6.14. The minimum absolute atomic E-state index is 0.451. The van der Waals surface area contributed by atoms with E-state index in [2.05, 4.69) is 31.3 Å². The monoisotopic (exact) mass is 499 g/mol. The average molecular weight is 500 g/mol. The molecule has 7 nitrogen and oxygen atoms in total. The number of amides is 1. The van der Waals surface area contributed by atoms with Crippen LogP contribution in [0.15, 0.2) is 69.4 Å². The molecule has 0 bridgehead atoms. The van der Waals surface area contributed by atoms with Crippen molar-refractivity contribution in [1.29, 1.82) is 0 Å². The maximum Gasteiger partial charge on any atom is 0.248 e. The fourth-order valence-corrected chi connectivity index (χ4v) is 4.26. The molecule has 1 aliphatic heterocycles. The molecule has 2 heterocycles. The Balaban J connectivity index is 1.60. The van der Waals surface area contributed by atoms with Gasteiger partial charge in [-0.05, 0) is 48.1 Å². The van der Waals surface area contributed by atoms with Crippen molar-refractivity contribution in [3.63, 3.8) is 0 Å². The van der Waals surface area contributed by atoms with Crippen LogP contribution in [0.5, 0.6) is 5.75 Å². The van der Waals surface area contributed by atoms with Gasteiger partial charge in [0.1, 0.15) is 18.4 Å². The van der Waals surface area contributed by atoms with Crippen molar-refractivity contribution in [1.82, 2.24) is 14.8 Å². The van der Waals surface area contributed by atoms with E-state index >= 15 is 0 Å². The molecule has 0 spiro atoms. The zero-order valence-electron chi connectivity index (χ0n) is 17.1. The predicted octanol–water partition coefficient (Wildman–Crippen LogP) is 4.51. The van der Waals surface area contributed by atoms with E-state index in [1.54, 1.807) is 16.4 Å². The molecule has 0 saturated carbocycles. The van der Waals surface area contributed by atoms with Crippen molar-refractivity contribution in [3.05, 3.63) is 75.4 Å². The summed E-state index contributed by atoms with van der Waals surface area (Å²) in [6.07, 6.45) is 0. The second-order valence-corrected chi connectivity index (χ2v) is 9.16. The molecule has 1 unspecified atom stereocenters. The van der Waals surface area contributed by atoms with Crippen molar-refractivity contribution in [2.45, 2.75) is 31.7 Å². The van der Waals surface area contributed by atoms with Crippen LogP contribution >= 0.6 is 27.7 Å². The number of nitrogens with one attached hydrogen (secondary N) is 1. The Bertz CT molecular complexity index is 1130. The van der Waals surface area contributed by atoms with Gasteiger partial charge in [-0.25, -0.2) is 4.68 Å².